The monoisotopic (exact) mass is 268 g/mol. The molecule has 0 saturated heterocycles. The summed E-state index contributed by atoms with van der Waals surface area (Å²) in [5.74, 6) is -0.983. The number of halogens is 1. The maximum atomic E-state index is 13.5. The van der Waals surface area contributed by atoms with Gasteiger partial charge in [0.25, 0.3) is 5.91 Å². The van der Waals surface area contributed by atoms with E-state index in [0.717, 1.165) is 11.1 Å². The summed E-state index contributed by atoms with van der Waals surface area (Å²) >= 11 is 0. The highest BCUT2D eigenvalue weighted by Gasteiger charge is 2.11. The van der Waals surface area contributed by atoms with Gasteiger partial charge >= 0.3 is 0 Å². The lowest BCUT2D eigenvalue weighted by atomic mass is 10.1. The van der Waals surface area contributed by atoms with E-state index in [1.165, 1.54) is 12.1 Å². The van der Waals surface area contributed by atoms with Crippen molar-refractivity contribution in [1.82, 2.24) is 5.32 Å². The summed E-state index contributed by atoms with van der Waals surface area (Å²) in [6.45, 7) is 2.09. The first-order valence-corrected chi connectivity index (χ1v) is 6.13. The molecule has 1 N–H and O–H groups in total. The fraction of sp³-hybridized carbons (Fsp3) is 0.125. The van der Waals surface area contributed by atoms with Gasteiger partial charge in [-0.15, -0.1) is 0 Å². The zero-order chi connectivity index (χ0) is 14.5. The summed E-state index contributed by atoms with van der Waals surface area (Å²) in [5.41, 5.74) is 2.28. The topological polar surface area (TPSA) is 52.9 Å². The van der Waals surface area contributed by atoms with Gasteiger partial charge < -0.3 is 5.32 Å². The van der Waals surface area contributed by atoms with Crippen LogP contribution in [-0.4, -0.2) is 5.91 Å². The molecule has 0 aromatic heterocycles. The molecule has 20 heavy (non-hydrogen) atoms. The third-order valence-corrected chi connectivity index (χ3v) is 2.90. The lowest BCUT2D eigenvalue weighted by Crippen LogP contribution is -2.23. The quantitative estimate of drug-likeness (QED) is 0.930. The van der Waals surface area contributed by atoms with Gasteiger partial charge in [0, 0.05) is 6.54 Å². The van der Waals surface area contributed by atoms with Crippen LogP contribution in [0.3, 0.4) is 0 Å². The van der Waals surface area contributed by atoms with Crippen molar-refractivity contribution < 1.29 is 9.18 Å². The van der Waals surface area contributed by atoms with Crippen molar-refractivity contribution in [2.45, 2.75) is 13.5 Å². The fourth-order valence-corrected chi connectivity index (χ4v) is 1.79. The molecule has 100 valence electrons. The summed E-state index contributed by atoms with van der Waals surface area (Å²) in [4.78, 5) is 11.9. The summed E-state index contributed by atoms with van der Waals surface area (Å²) in [6, 6.07) is 13.3. The van der Waals surface area contributed by atoms with E-state index >= 15 is 0 Å². The van der Waals surface area contributed by atoms with Crippen LogP contribution in [-0.2, 0) is 6.54 Å². The van der Waals surface area contributed by atoms with Gasteiger partial charge in [-0.1, -0.05) is 23.8 Å². The highest BCUT2D eigenvalue weighted by atomic mass is 19.1. The molecule has 2 aromatic rings. The zero-order valence-electron chi connectivity index (χ0n) is 11.0. The Hall–Kier alpha value is -2.67. The van der Waals surface area contributed by atoms with E-state index in [-0.39, 0.29) is 12.1 Å². The first-order valence-electron chi connectivity index (χ1n) is 6.13. The Labute approximate surface area is 116 Å². The molecule has 0 aliphatic rings. The van der Waals surface area contributed by atoms with Crippen molar-refractivity contribution in [3.63, 3.8) is 0 Å². The minimum atomic E-state index is -0.534. The maximum absolute atomic E-state index is 13.5. The Morgan fingerprint density at radius 1 is 1.25 bits per heavy atom. The predicted octanol–water partition coefficient (Wildman–Crippen LogP) is 2.94. The van der Waals surface area contributed by atoms with E-state index in [2.05, 4.69) is 5.32 Å². The van der Waals surface area contributed by atoms with Gasteiger partial charge in [-0.25, -0.2) is 4.39 Å². The van der Waals surface area contributed by atoms with Crippen molar-refractivity contribution in [3.8, 4) is 6.07 Å². The van der Waals surface area contributed by atoms with E-state index < -0.39 is 11.7 Å². The van der Waals surface area contributed by atoms with Gasteiger partial charge in [0.15, 0.2) is 0 Å². The minimum Gasteiger partial charge on any atom is -0.348 e. The Morgan fingerprint density at radius 3 is 2.60 bits per heavy atom. The maximum Gasteiger partial charge on any atom is 0.254 e. The van der Waals surface area contributed by atoms with Crippen LogP contribution in [0.15, 0.2) is 42.5 Å². The van der Waals surface area contributed by atoms with Gasteiger partial charge in [-0.2, -0.15) is 5.26 Å². The minimum absolute atomic E-state index is 0.0404. The number of carbonyl (C=O) groups is 1. The number of nitriles is 1. The molecule has 1 amide bonds. The van der Waals surface area contributed by atoms with Crippen molar-refractivity contribution in [1.29, 1.82) is 5.26 Å². The third kappa shape index (κ3) is 3.21. The van der Waals surface area contributed by atoms with Crippen molar-refractivity contribution >= 4 is 5.91 Å². The molecule has 0 saturated carbocycles. The molecule has 0 fully saturated rings. The first kappa shape index (κ1) is 13.8. The molecule has 0 aliphatic carbocycles. The van der Waals surface area contributed by atoms with Crippen LogP contribution in [0.5, 0.6) is 0 Å². The fourth-order valence-electron chi connectivity index (χ4n) is 1.79. The Morgan fingerprint density at radius 2 is 1.95 bits per heavy atom. The van der Waals surface area contributed by atoms with Crippen molar-refractivity contribution in [3.05, 3.63) is 70.5 Å². The van der Waals surface area contributed by atoms with E-state index in [0.29, 0.717) is 5.56 Å². The number of carbonyl (C=O) groups excluding carboxylic acids is 1. The second-order valence-electron chi connectivity index (χ2n) is 4.47. The Bertz CT molecular complexity index is 672. The number of aryl methyl sites for hydroxylation is 1. The SMILES string of the molecule is Cc1ccc(F)c(C(=O)NCc2ccc(C#N)cc2)c1. The van der Waals surface area contributed by atoms with Crippen molar-refractivity contribution in [2.24, 2.45) is 0 Å². The number of benzene rings is 2. The third-order valence-electron chi connectivity index (χ3n) is 2.90. The molecule has 4 heteroatoms. The van der Waals surface area contributed by atoms with Crippen LogP contribution < -0.4 is 5.32 Å². The predicted molar refractivity (Wildman–Crippen MR) is 73.5 cm³/mol. The molecule has 0 spiro atoms. The lowest BCUT2D eigenvalue weighted by Gasteiger charge is -2.07. The van der Waals surface area contributed by atoms with Crippen LogP contribution in [0.25, 0.3) is 0 Å². The molecular formula is C16H13FN2O. The standard InChI is InChI=1S/C16H13FN2O/c1-11-2-7-15(17)14(8-11)16(20)19-10-13-5-3-12(9-18)4-6-13/h2-8H,10H2,1H3,(H,19,20). The number of rotatable bonds is 3. The van der Waals surface area contributed by atoms with Crippen LogP contribution in [0.4, 0.5) is 4.39 Å². The van der Waals surface area contributed by atoms with Crippen molar-refractivity contribution in [2.75, 3.05) is 0 Å². The lowest BCUT2D eigenvalue weighted by molar-refractivity contribution is 0.0947. The van der Waals surface area contributed by atoms with Gasteiger partial charge in [-0.3, -0.25) is 4.79 Å². The molecule has 2 rings (SSSR count). The Balaban J connectivity index is 2.04. The normalized spacial score (nSPS) is 9.85. The summed E-state index contributed by atoms with van der Waals surface area (Å²) in [7, 11) is 0. The van der Waals surface area contributed by atoms with E-state index in [9.17, 15) is 9.18 Å². The zero-order valence-corrected chi connectivity index (χ0v) is 11.0. The van der Waals surface area contributed by atoms with Crippen LogP contribution in [0, 0.1) is 24.1 Å². The van der Waals surface area contributed by atoms with Gasteiger partial charge in [0.05, 0.1) is 17.2 Å². The van der Waals surface area contributed by atoms with E-state index in [1.807, 2.05) is 6.07 Å². The number of amides is 1. The van der Waals surface area contributed by atoms with E-state index in [1.54, 1.807) is 37.3 Å². The summed E-state index contributed by atoms with van der Waals surface area (Å²) in [6.07, 6.45) is 0. The van der Waals surface area contributed by atoms with Crippen LogP contribution in [0.1, 0.15) is 27.0 Å². The number of nitrogens with zero attached hydrogens (tertiary/aromatic N) is 1. The summed E-state index contributed by atoms with van der Waals surface area (Å²) in [5, 5.41) is 11.3. The average Bonchev–Trinajstić information content (AvgIpc) is 2.47. The van der Waals surface area contributed by atoms with E-state index in [4.69, 9.17) is 5.26 Å². The largest absolute Gasteiger partial charge is 0.348 e. The molecular weight excluding hydrogens is 255 g/mol. The molecule has 0 atom stereocenters. The molecule has 0 unspecified atom stereocenters. The second kappa shape index (κ2) is 5.98. The molecule has 0 heterocycles. The molecule has 2 aromatic carbocycles. The van der Waals surface area contributed by atoms with Gasteiger partial charge in [0.1, 0.15) is 5.82 Å². The van der Waals surface area contributed by atoms with Crippen LogP contribution >= 0.6 is 0 Å². The van der Waals surface area contributed by atoms with Gasteiger partial charge in [0.2, 0.25) is 0 Å². The highest BCUT2D eigenvalue weighted by molar-refractivity contribution is 5.94. The number of nitrogens with one attached hydrogen (secondary N) is 1. The average molecular weight is 268 g/mol. The number of hydrogen-bond donors (Lipinski definition) is 1. The smallest absolute Gasteiger partial charge is 0.254 e. The second-order valence-corrected chi connectivity index (χ2v) is 4.47. The van der Waals surface area contributed by atoms with Crippen LogP contribution in [0.2, 0.25) is 0 Å². The highest BCUT2D eigenvalue weighted by Crippen LogP contribution is 2.10. The first-order chi connectivity index (χ1) is 9.60. The summed E-state index contributed by atoms with van der Waals surface area (Å²) < 4.78 is 13.5. The number of hydrogen-bond acceptors (Lipinski definition) is 2. The molecule has 0 aliphatic heterocycles. The molecule has 3 nitrogen and oxygen atoms in total. The molecule has 0 radical (unpaired) electrons. The molecule has 0 bridgehead atoms. The Kier molecular flexibility index (Phi) is 4.11. The van der Waals surface area contributed by atoms with Gasteiger partial charge in [-0.05, 0) is 36.8 Å².